The number of hydrogen-bond acceptors (Lipinski definition) is 10. The Morgan fingerprint density at radius 3 is 2.32 bits per heavy atom. The molecule has 1 aromatic heterocycles. The maximum Gasteiger partial charge on any atom is 0.286 e. The molecule has 0 unspecified atom stereocenters. The number of anilines is 1. The Morgan fingerprint density at radius 1 is 1.12 bits per heavy atom. The van der Waals surface area contributed by atoms with Crippen LogP contribution in [-0.4, -0.2) is 86.2 Å². The van der Waals surface area contributed by atoms with Crippen molar-refractivity contribution >= 4 is 27.6 Å². The maximum absolute atomic E-state index is 12.7. The Hall–Kier alpha value is -3.52. The first-order valence-corrected chi connectivity index (χ1v) is 12.1. The van der Waals surface area contributed by atoms with Crippen LogP contribution in [0, 0.1) is 10.1 Å². The topological polar surface area (TPSA) is 157 Å². The van der Waals surface area contributed by atoms with Crippen LogP contribution in [0.4, 0.5) is 11.6 Å². The van der Waals surface area contributed by atoms with Crippen LogP contribution in [0.1, 0.15) is 16.8 Å². The average molecular weight is 495 g/mol. The third-order valence-electron chi connectivity index (χ3n) is 5.27. The van der Waals surface area contributed by atoms with Crippen molar-refractivity contribution < 1.29 is 27.6 Å². The zero-order valence-electron chi connectivity index (χ0n) is 18.8. The van der Waals surface area contributed by atoms with Gasteiger partial charge in [0.25, 0.3) is 11.6 Å². The first kappa shape index (κ1) is 25.1. The molecule has 1 fully saturated rings. The second-order valence-corrected chi connectivity index (χ2v) is 9.43. The van der Waals surface area contributed by atoms with Crippen molar-refractivity contribution in [2.75, 3.05) is 57.6 Å². The summed E-state index contributed by atoms with van der Waals surface area (Å²) in [4.78, 5) is 33.5. The molecule has 0 saturated carbocycles. The molecule has 1 aromatic carbocycles. The summed E-state index contributed by atoms with van der Waals surface area (Å²) in [6.45, 7) is 1.60. The van der Waals surface area contributed by atoms with Gasteiger partial charge in [-0.2, -0.15) is 4.31 Å². The summed E-state index contributed by atoms with van der Waals surface area (Å²) < 4.78 is 36.9. The lowest BCUT2D eigenvalue weighted by Gasteiger charge is -2.33. The normalized spacial score (nSPS) is 14.5. The van der Waals surface area contributed by atoms with Crippen LogP contribution in [0.15, 0.2) is 30.6 Å². The molecule has 0 spiro atoms. The highest BCUT2D eigenvalue weighted by Crippen LogP contribution is 2.34. The van der Waals surface area contributed by atoms with Crippen LogP contribution in [0.5, 0.6) is 11.5 Å². The third kappa shape index (κ3) is 5.88. The van der Waals surface area contributed by atoms with Gasteiger partial charge in [-0.05, 0) is 12.5 Å². The zero-order valence-corrected chi connectivity index (χ0v) is 19.7. The highest BCUT2D eigenvalue weighted by atomic mass is 32.2. The van der Waals surface area contributed by atoms with Crippen molar-refractivity contribution in [3.63, 3.8) is 0 Å². The van der Waals surface area contributed by atoms with Crippen LogP contribution in [0.25, 0.3) is 0 Å². The fraction of sp³-hybridized carbons (Fsp3) is 0.450. The van der Waals surface area contributed by atoms with E-state index in [1.807, 2.05) is 4.90 Å². The van der Waals surface area contributed by atoms with E-state index < -0.39 is 26.5 Å². The van der Waals surface area contributed by atoms with Gasteiger partial charge in [0.1, 0.15) is 5.56 Å². The fourth-order valence-corrected chi connectivity index (χ4v) is 4.99. The number of aromatic nitrogens is 2. The number of nitro groups is 1. The highest BCUT2D eigenvalue weighted by Gasteiger charge is 2.28. The standard InChI is InChI=1S/C20H26N6O7S/c1-32-17-13-15(16(26(28)29)14-18(17)33-2)19(27)21-7-4-12-34(30,31)25-10-8-24(9-11-25)20-22-5-3-6-23-20/h3,5-6,13-14H,4,7-12H2,1-2H3,(H,21,27). The number of methoxy groups -OCH3 is 2. The first-order valence-electron chi connectivity index (χ1n) is 10.4. The molecule has 14 heteroatoms. The van der Waals surface area contributed by atoms with Gasteiger partial charge in [0.2, 0.25) is 16.0 Å². The van der Waals surface area contributed by atoms with Crippen LogP contribution >= 0.6 is 0 Å². The molecule has 0 atom stereocenters. The average Bonchev–Trinajstić information content (AvgIpc) is 2.86. The van der Waals surface area contributed by atoms with E-state index in [0.29, 0.717) is 32.1 Å². The molecule has 34 heavy (non-hydrogen) atoms. The number of benzene rings is 1. The Morgan fingerprint density at radius 2 is 1.74 bits per heavy atom. The molecule has 1 aliphatic heterocycles. The van der Waals surface area contributed by atoms with Gasteiger partial charge in [0.05, 0.1) is 31.0 Å². The summed E-state index contributed by atoms with van der Waals surface area (Å²) in [5.41, 5.74) is -0.646. The fourth-order valence-electron chi connectivity index (χ4n) is 3.50. The van der Waals surface area contributed by atoms with E-state index in [9.17, 15) is 23.3 Å². The van der Waals surface area contributed by atoms with Crippen molar-refractivity contribution in [3.05, 3.63) is 46.3 Å². The largest absolute Gasteiger partial charge is 0.493 e. The summed E-state index contributed by atoms with van der Waals surface area (Å²) in [6, 6.07) is 4.05. The minimum atomic E-state index is -3.52. The molecule has 0 radical (unpaired) electrons. The third-order valence-corrected chi connectivity index (χ3v) is 7.23. The van der Waals surface area contributed by atoms with Crippen molar-refractivity contribution in [2.24, 2.45) is 0 Å². The summed E-state index contributed by atoms with van der Waals surface area (Å²) in [5, 5.41) is 13.9. The van der Waals surface area contributed by atoms with Crippen molar-refractivity contribution in [1.29, 1.82) is 0 Å². The number of nitrogens with one attached hydrogen (secondary N) is 1. The molecule has 1 aliphatic rings. The summed E-state index contributed by atoms with van der Waals surface area (Å²) in [5.74, 6) is -0.0203. The number of piperazine rings is 1. The van der Waals surface area contributed by atoms with E-state index in [0.717, 1.165) is 6.07 Å². The molecule has 3 rings (SSSR count). The number of rotatable bonds is 10. The lowest BCUT2D eigenvalue weighted by atomic mass is 10.1. The van der Waals surface area contributed by atoms with Gasteiger partial charge in [-0.3, -0.25) is 14.9 Å². The van der Waals surface area contributed by atoms with E-state index >= 15 is 0 Å². The van der Waals surface area contributed by atoms with E-state index in [4.69, 9.17) is 9.47 Å². The monoisotopic (exact) mass is 494 g/mol. The van der Waals surface area contributed by atoms with E-state index in [1.54, 1.807) is 18.5 Å². The number of carbonyl (C=O) groups excluding carboxylic acids is 1. The lowest BCUT2D eigenvalue weighted by molar-refractivity contribution is -0.385. The van der Waals surface area contributed by atoms with Crippen LogP contribution in [0.3, 0.4) is 0 Å². The minimum absolute atomic E-state index is 0.0291. The molecule has 13 nitrogen and oxygen atoms in total. The molecule has 184 valence electrons. The van der Waals surface area contributed by atoms with Crippen molar-refractivity contribution in [2.45, 2.75) is 6.42 Å². The Labute approximate surface area is 196 Å². The number of sulfonamides is 1. The van der Waals surface area contributed by atoms with Gasteiger partial charge in [0, 0.05) is 51.2 Å². The second kappa shape index (κ2) is 11.1. The molecule has 1 N–H and O–H groups in total. The molecular formula is C20H26N6O7S. The number of hydrogen-bond donors (Lipinski definition) is 1. The smallest absolute Gasteiger partial charge is 0.286 e. The van der Waals surface area contributed by atoms with Gasteiger partial charge < -0.3 is 19.7 Å². The summed E-state index contributed by atoms with van der Waals surface area (Å²) >= 11 is 0. The molecule has 1 amide bonds. The molecule has 2 heterocycles. The van der Waals surface area contributed by atoms with Gasteiger partial charge in [-0.1, -0.05) is 0 Å². The van der Waals surface area contributed by atoms with Gasteiger partial charge in [0.15, 0.2) is 11.5 Å². The van der Waals surface area contributed by atoms with Gasteiger partial charge in [-0.15, -0.1) is 0 Å². The second-order valence-electron chi connectivity index (χ2n) is 7.34. The Kier molecular flexibility index (Phi) is 8.17. The van der Waals surface area contributed by atoms with Crippen LogP contribution in [-0.2, 0) is 10.0 Å². The Balaban J connectivity index is 1.53. The van der Waals surface area contributed by atoms with Gasteiger partial charge in [-0.25, -0.2) is 18.4 Å². The molecule has 2 aromatic rings. The quantitative estimate of drug-likeness (QED) is 0.283. The predicted octanol–water partition coefficient (Wildman–Crippen LogP) is 0.674. The maximum atomic E-state index is 12.7. The summed E-state index contributed by atoms with van der Waals surface area (Å²) in [7, 11) is -0.842. The predicted molar refractivity (Wildman–Crippen MR) is 123 cm³/mol. The molecule has 1 saturated heterocycles. The Bertz CT molecular complexity index is 1120. The number of nitrogens with zero attached hydrogens (tertiary/aromatic N) is 5. The lowest BCUT2D eigenvalue weighted by Crippen LogP contribution is -2.49. The van der Waals surface area contributed by atoms with Gasteiger partial charge >= 0.3 is 0 Å². The van der Waals surface area contributed by atoms with Crippen LogP contribution in [0.2, 0.25) is 0 Å². The zero-order chi connectivity index (χ0) is 24.7. The van der Waals surface area contributed by atoms with Crippen molar-refractivity contribution in [1.82, 2.24) is 19.6 Å². The van der Waals surface area contributed by atoms with E-state index in [1.165, 1.54) is 24.6 Å². The van der Waals surface area contributed by atoms with Crippen LogP contribution < -0.4 is 19.7 Å². The number of ether oxygens (including phenoxy) is 2. The number of carbonyl (C=O) groups is 1. The SMILES string of the molecule is COc1cc(C(=O)NCCCS(=O)(=O)N2CCN(c3ncccn3)CC2)c([N+](=O)[O-])cc1OC. The van der Waals surface area contributed by atoms with Crippen molar-refractivity contribution in [3.8, 4) is 11.5 Å². The summed E-state index contributed by atoms with van der Waals surface area (Å²) in [6.07, 6.45) is 3.42. The van der Waals surface area contributed by atoms with E-state index in [2.05, 4.69) is 15.3 Å². The van der Waals surface area contributed by atoms with E-state index in [-0.39, 0.29) is 35.8 Å². The molecule has 0 bridgehead atoms. The number of nitro benzene ring substituents is 1. The number of amides is 1. The molecular weight excluding hydrogens is 468 g/mol. The minimum Gasteiger partial charge on any atom is -0.493 e. The molecule has 0 aliphatic carbocycles. The first-order chi connectivity index (χ1) is 16.3. The highest BCUT2D eigenvalue weighted by molar-refractivity contribution is 7.89.